The third kappa shape index (κ3) is 4.94. The van der Waals surface area contributed by atoms with Crippen molar-refractivity contribution in [3.8, 4) is 11.3 Å². The van der Waals surface area contributed by atoms with E-state index in [9.17, 15) is 0 Å². The summed E-state index contributed by atoms with van der Waals surface area (Å²) in [7, 11) is 0. The number of pyridine rings is 1. The average molecular weight is 348 g/mol. The van der Waals surface area contributed by atoms with Crippen LogP contribution < -0.4 is 0 Å². The van der Waals surface area contributed by atoms with E-state index in [1.165, 1.54) is 54.0 Å². The molecule has 0 amide bonds. The van der Waals surface area contributed by atoms with Gasteiger partial charge in [-0.2, -0.15) is 0 Å². The molecule has 0 spiro atoms. The molecule has 3 aromatic rings. The number of hydrogen-bond acceptors (Lipinski definition) is 1. The van der Waals surface area contributed by atoms with Crippen molar-refractivity contribution in [2.24, 2.45) is 0 Å². The van der Waals surface area contributed by atoms with Crippen molar-refractivity contribution in [2.45, 2.75) is 65.7 Å². The second kappa shape index (κ2) is 10.8. The molecule has 0 bridgehead atoms. The van der Waals surface area contributed by atoms with Gasteiger partial charge in [-0.15, -0.1) is 0 Å². The lowest BCUT2D eigenvalue weighted by molar-refractivity contribution is 0.597. The first kappa shape index (κ1) is 20.2. The normalized spacial score (nSPS) is 11.7. The fraction of sp³-hybridized carbons (Fsp3) is 0.400. The number of aromatic nitrogens is 1. The summed E-state index contributed by atoms with van der Waals surface area (Å²) in [5, 5.41) is 2.50. The van der Waals surface area contributed by atoms with Gasteiger partial charge in [0.1, 0.15) is 0 Å². The largest absolute Gasteiger partial charge is 0.256 e. The van der Waals surface area contributed by atoms with E-state index in [0.29, 0.717) is 5.92 Å². The van der Waals surface area contributed by atoms with Gasteiger partial charge in [0.05, 0.1) is 5.69 Å². The van der Waals surface area contributed by atoms with Crippen molar-refractivity contribution in [3.63, 3.8) is 0 Å². The van der Waals surface area contributed by atoms with Crippen LogP contribution in [0.15, 0.2) is 60.8 Å². The standard InChI is InChI=1S/C21H23N.C4H10/c1-3-9-16(4-2)18-11-7-8-13-20(18)21-19-12-6-5-10-17(19)14-15-22-21;1-3-4-2/h5-8,10-16H,3-4,9H2,1-2H3;3-4H2,1-2H3. The van der Waals surface area contributed by atoms with Gasteiger partial charge in [-0.25, -0.2) is 0 Å². The maximum absolute atomic E-state index is 4.71. The van der Waals surface area contributed by atoms with Gasteiger partial charge in [0.2, 0.25) is 0 Å². The Bertz CT molecular complexity index is 784. The molecule has 3 rings (SSSR count). The monoisotopic (exact) mass is 347 g/mol. The summed E-state index contributed by atoms with van der Waals surface area (Å²) in [4.78, 5) is 4.71. The van der Waals surface area contributed by atoms with E-state index in [-0.39, 0.29) is 0 Å². The number of nitrogens with zero attached hydrogens (tertiary/aromatic N) is 1. The zero-order valence-electron chi connectivity index (χ0n) is 16.8. The van der Waals surface area contributed by atoms with Crippen molar-refractivity contribution in [2.75, 3.05) is 0 Å². The van der Waals surface area contributed by atoms with Crippen LogP contribution in [0.2, 0.25) is 0 Å². The molecule has 1 aromatic heterocycles. The molecule has 0 saturated heterocycles. The molecule has 0 aliphatic carbocycles. The second-order valence-electron chi connectivity index (χ2n) is 6.86. The van der Waals surface area contributed by atoms with Crippen LogP contribution in [0.1, 0.15) is 71.3 Å². The van der Waals surface area contributed by atoms with Gasteiger partial charge in [-0.1, -0.05) is 95.5 Å². The van der Waals surface area contributed by atoms with Crippen LogP contribution in [-0.2, 0) is 0 Å². The van der Waals surface area contributed by atoms with Crippen LogP contribution in [-0.4, -0.2) is 4.98 Å². The molecular weight excluding hydrogens is 314 g/mol. The van der Waals surface area contributed by atoms with E-state index in [1.807, 2.05) is 6.20 Å². The van der Waals surface area contributed by atoms with Crippen LogP contribution in [0.5, 0.6) is 0 Å². The zero-order valence-corrected chi connectivity index (χ0v) is 16.8. The van der Waals surface area contributed by atoms with Crippen LogP contribution in [0.4, 0.5) is 0 Å². The Morgan fingerprint density at radius 2 is 1.46 bits per heavy atom. The molecule has 1 atom stereocenters. The van der Waals surface area contributed by atoms with Crippen molar-refractivity contribution in [1.82, 2.24) is 4.98 Å². The number of hydrogen-bond donors (Lipinski definition) is 0. The summed E-state index contributed by atoms with van der Waals surface area (Å²) in [5.41, 5.74) is 3.85. The summed E-state index contributed by atoms with van der Waals surface area (Å²) < 4.78 is 0. The molecule has 0 saturated carbocycles. The Morgan fingerprint density at radius 1 is 0.769 bits per heavy atom. The Labute approximate surface area is 159 Å². The summed E-state index contributed by atoms with van der Waals surface area (Å²) in [6.07, 6.45) is 8.19. The molecule has 0 radical (unpaired) electrons. The molecule has 0 N–H and O–H groups in total. The highest BCUT2D eigenvalue weighted by Crippen LogP contribution is 2.35. The fourth-order valence-electron chi connectivity index (χ4n) is 3.33. The summed E-state index contributed by atoms with van der Waals surface area (Å²) in [6, 6.07) is 19.4. The predicted octanol–water partition coefficient (Wildman–Crippen LogP) is 8.00. The van der Waals surface area contributed by atoms with Crippen LogP contribution in [0, 0.1) is 0 Å². The first-order valence-electron chi connectivity index (χ1n) is 10.2. The number of rotatable bonds is 6. The van der Waals surface area contributed by atoms with E-state index < -0.39 is 0 Å². The molecule has 138 valence electrons. The highest BCUT2D eigenvalue weighted by atomic mass is 14.7. The second-order valence-corrected chi connectivity index (χ2v) is 6.86. The Balaban J connectivity index is 0.000000552. The van der Waals surface area contributed by atoms with Gasteiger partial charge >= 0.3 is 0 Å². The van der Waals surface area contributed by atoms with Gasteiger partial charge in [-0.05, 0) is 35.8 Å². The third-order valence-corrected chi connectivity index (χ3v) is 4.96. The van der Waals surface area contributed by atoms with E-state index in [1.54, 1.807) is 0 Å². The van der Waals surface area contributed by atoms with E-state index in [0.717, 1.165) is 5.69 Å². The van der Waals surface area contributed by atoms with Gasteiger partial charge in [-0.3, -0.25) is 4.98 Å². The molecule has 26 heavy (non-hydrogen) atoms. The van der Waals surface area contributed by atoms with Crippen LogP contribution in [0.25, 0.3) is 22.0 Å². The van der Waals surface area contributed by atoms with Crippen molar-refractivity contribution in [1.29, 1.82) is 0 Å². The maximum Gasteiger partial charge on any atom is 0.0783 e. The molecule has 1 heterocycles. The number of benzene rings is 2. The maximum atomic E-state index is 4.71. The van der Waals surface area contributed by atoms with Gasteiger partial charge in [0, 0.05) is 17.1 Å². The van der Waals surface area contributed by atoms with E-state index >= 15 is 0 Å². The molecular formula is C25H33N. The fourth-order valence-corrected chi connectivity index (χ4v) is 3.33. The summed E-state index contributed by atoms with van der Waals surface area (Å²) >= 11 is 0. The Morgan fingerprint density at radius 3 is 2.15 bits per heavy atom. The molecule has 0 aliphatic heterocycles. The van der Waals surface area contributed by atoms with Crippen LogP contribution >= 0.6 is 0 Å². The first-order chi connectivity index (χ1) is 12.8. The van der Waals surface area contributed by atoms with Crippen molar-refractivity contribution >= 4 is 10.8 Å². The topological polar surface area (TPSA) is 12.9 Å². The quantitative estimate of drug-likeness (QED) is 0.440. The minimum absolute atomic E-state index is 0.613. The molecule has 2 aromatic carbocycles. The summed E-state index contributed by atoms with van der Waals surface area (Å²) in [6.45, 7) is 8.91. The SMILES string of the molecule is CCCC.CCCC(CC)c1ccccc1-c1nccc2ccccc12. The highest BCUT2D eigenvalue weighted by molar-refractivity contribution is 5.95. The zero-order chi connectivity index (χ0) is 18.8. The Kier molecular flexibility index (Phi) is 8.34. The van der Waals surface area contributed by atoms with Gasteiger partial charge < -0.3 is 0 Å². The number of fused-ring (bicyclic) bond motifs is 1. The minimum Gasteiger partial charge on any atom is -0.256 e. The molecule has 1 nitrogen and oxygen atoms in total. The molecule has 1 heteroatoms. The van der Waals surface area contributed by atoms with E-state index in [2.05, 4.69) is 82.3 Å². The predicted molar refractivity (Wildman–Crippen MR) is 116 cm³/mol. The summed E-state index contributed by atoms with van der Waals surface area (Å²) in [5.74, 6) is 0.613. The van der Waals surface area contributed by atoms with Gasteiger partial charge in [0.25, 0.3) is 0 Å². The van der Waals surface area contributed by atoms with Crippen molar-refractivity contribution in [3.05, 3.63) is 66.4 Å². The molecule has 0 fully saturated rings. The van der Waals surface area contributed by atoms with Crippen LogP contribution in [0.3, 0.4) is 0 Å². The molecule has 1 unspecified atom stereocenters. The number of unbranched alkanes of at least 4 members (excludes halogenated alkanes) is 1. The lowest BCUT2D eigenvalue weighted by Gasteiger charge is -2.19. The Hall–Kier alpha value is -2.15. The third-order valence-electron chi connectivity index (χ3n) is 4.96. The van der Waals surface area contributed by atoms with Crippen molar-refractivity contribution < 1.29 is 0 Å². The minimum atomic E-state index is 0.613. The van der Waals surface area contributed by atoms with E-state index in [4.69, 9.17) is 4.98 Å². The highest BCUT2D eigenvalue weighted by Gasteiger charge is 2.15. The molecule has 0 aliphatic rings. The van der Waals surface area contributed by atoms with Gasteiger partial charge in [0.15, 0.2) is 0 Å². The average Bonchev–Trinajstić information content (AvgIpc) is 2.72. The smallest absolute Gasteiger partial charge is 0.0783 e. The first-order valence-corrected chi connectivity index (χ1v) is 10.2. The lowest BCUT2D eigenvalue weighted by Crippen LogP contribution is -2.00. The lowest BCUT2D eigenvalue weighted by atomic mass is 9.87.